The molecule has 2 heterocycles. The molecule has 2 atom stereocenters. The minimum Gasteiger partial charge on any atom is -0.374 e. The molecule has 0 bridgehead atoms. The number of amidine groups is 1. The topological polar surface area (TPSA) is 121 Å². The normalized spacial score (nSPS) is 21.6. The maximum atomic E-state index is 12.2. The number of hydrogen-bond donors (Lipinski definition) is 4. The zero-order valence-corrected chi connectivity index (χ0v) is 19.0. The van der Waals surface area contributed by atoms with Gasteiger partial charge in [0, 0.05) is 26.2 Å². The van der Waals surface area contributed by atoms with Gasteiger partial charge in [-0.3, -0.25) is 20.4 Å². The predicted octanol–water partition coefficient (Wildman–Crippen LogP) is 1.60. The highest BCUT2D eigenvalue weighted by atomic mass is 35.5. The van der Waals surface area contributed by atoms with Crippen LogP contribution < -0.4 is 21.8 Å². The molecular formula is C17H22Cl2N6O3S2. The van der Waals surface area contributed by atoms with E-state index in [1.165, 1.54) is 23.5 Å². The number of thioether (sulfide) groups is 2. The Bertz CT molecular complexity index is 816. The van der Waals surface area contributed by atoms with Crippen LogP contribution in [0.1, 0.15) is 5.56 Å². The van der Waals surface area contributed by atoms with Gasteiger partial charge >= 0.3 is 6.03 Å². The summed E-state index contributed by atoms with van der Waals surface area (Å²) in [5.74, 6) is 0.160. The Morgan fingerprint density at radius 1 is 1.40 bits per heavy atom. The fraction of sp³-hybridized carbons (Fsp3) is 0.471. The zero-order valence-electron chi connectivity index (χ0n) is 15.9. The van der Waals surface area contributed by atoms with E-state index in [0.717, 1.165) is 18.7 Å². The van der Waals surface area contributed by atoms with Crippen molar-refractivity contribution >= 4 is 63.8 Å². The van der Waals surface area contributed by atoms with Crippen molar-refractivity contribution in [2.75, 3.05) is 32.0 Å². The van der Waals surface area contributed by atoms with Crippen LogP contribution in [-0.4, -0.2) is 64.8 Å². The number of halogens is 2. The molecule has 1 aromatic carbocycles. The molecule has 0 radical (unpaired) electrons. The van der Waals surface area contributed by atoms with Gasteiger partial charge in [0.2, 0.25) is 5.91 Å². The van der Waals surface area contributed by atoms with Gasteiger partial charge in [-0.2, -0.15) is 5.10 Å². The Kier molecular flexibility index (Phi) is 8.78. The monoisotopic (exact) mass is 492 g/mol. The second kappa shape index (κ2) is 11.3. The van der Waals surface area contributed by atoms with Crippen molar-refractivity contribution in [1.82, 2.24) is 21.0 Å². The SMILES string of the molecule is NC(=O)NC1=NNC(SCC(=O)NC[C@H]2CN(Cc3ccc(Cl)c(Cl)c3)CCO2)S1. The molecular weight excluding hydrogens is 471 g/mol. The van der Waals surface area contributed by atoms with E-state index >= 15 is 0 Å². The number of carbonyl (C=O) groups excluding carboxylic acids is 2. The number of hydrogen-bond acceptors (Lipinski definition) is 8. The number of amides is 3. The molecule has 0 aromatic heterocycles. The van der Waals surface area contributed by atoms with Crippen LogP contribution in [0.15, 0.2) is 23.3 Å². The van der Waals surface area contributed by atoms with Crippen LogP contribution in [0.3, 0.4) is 0 Å². The van der Waals surface area contributed by atoms with E-state index in [4.69, 9.17) is 33.7 Å². The number of nitrogens with two attached hydrogens (primary N) is 1. The molecule has 2 aliphatic rings. The number of primary amides is 1. The van der Waals surface area contributed by atoms with Crippen LogP contribution in [0, 0.1) is 0 Å². The van der Waals surface area contributed by atoms with Crippen molar-refractivity contribution < 1.29 is 14.3 Å². The number of ether oxygens (including phenoxy) is 1. The first-order chi connectivity index (χ1) is 14.4. The van der Waals surface area contributed by atoms with Gasteiger partial charge in [-0.15, -0.1) is 11.8 Å². The van der Waals surface area contributed by atoms with E-state index in [1.807, 2.05) is 12.1 Å². The molecule has 9 nitrogen and oxygen atoms in total. The average molecular weight is 493 g/mol. The van der Waals surface area contributed by atoms with E-state index in [9.17, 15) is 9.59 Å². The summed E-state index contributed by atoms with van der Waals surface area (Å²) >= 11 is 14.7. The zero-order chi connectivity index (χ0) is 21.5. The highest BCUT2D eigenvalue weighted by Gasteiger charge is 2.23. The third-order valence-corrected chi connectivity index (χ3v) is 7.24. The maximum absolute atomic E-state index is 12.2. The van der Waals surface area contributed by atoms with E-state index in [0.29, 0.717) is 34.9 Å². The van der Waals surface area contributed by atoms with Gasteiger partial charge in [-0.05, 0) is 29.5 Å². The Morgan fingerprint density at radius 3 is 3.00 bits per heavy atom. The third-order valence-electron chi connectivity index (χ3n) is 4.23. The average Bonchev–Trinajstić information content (AvgIpc) is 3.14. The van der Waals surface area contributed by atoms with E-state index < -0.39 is 6.03 Å². The molecule has 13 heteroatoms. The van der Waals surface area contributed by atoms with Gasteiger partial charge in [0.1, 0.15) is 4.71 Å². The lowest BCUT2D eigenvalue weighted by Crippen LogP contribution is -2.47. The van der Waals surface area contributed by atoms with Crippen LogP contribution in [-0.2, 0) is 16.1 Å². The first-order valence-corrected chi connectivity index (χ1v) is 11.8. The minimum atomic E-state index is -0.674. The van der Waals surface area contributed by atoms with E-state index in [1.54, 1.807) is 6.07 Å². The van der Waals surface area contributed by atoms with Gasteiger partial charge in [-0.25, -0.2) is 4.79 Å². The number of benzene rings is 1. The molecule has 164 valence electrons. The number of urea groups is 1. The number of carbonyl (C=O) groups is 2. The van der Waals surface area contributed by atoms with Crippen LogP contribution in [0.25, 0.3) is 0 Å². The summed E-state index contributed by atoms with van der Waals surface area (Å²) < 4.78 is 5.61. The highest BCUT2D eigenvalue weighted by molar-refractivity contribution is 8.25. The third kappa shape index (κ3) is 7.40. The van der Waals surface area contributed by atoms with Crippen molar-refractivity contribution in [3.8, 4) is 0 Å². The second-order valence-corrected chi connectivity index (χ2v) is 9.88. The van der Waals surface area contributed by atoms with Crippen molar-refractivity contribution in [2.24, 2.45) is 10.8 Å². The summed E-state index contributed by atoms with van der Waals surface area (Å²) in [7, 11) is 0. The van der Waals surface area contributed by atoms with Crippen LogP contribution >= 0.6 is 46.7 Å². The summed E-state index contributed by atoms with van der Waals surface area (Å²) in [6.45, 7) is 3.31. The molecule has 2 aliphatic heterocycles. The lowest BCUT2D eigenvalue weighted by molar-refractivity contribution is -0.119. The van der Waals surface area contributed by atoms with Crippen molar-refractivity contribution in [2.45, 2.75) is 17.4 Å². The fourth-order valence-electron chi connectivity index (χ4n) is 2.87. The van der Waals surface area contributed by atoms with Crippen molar-refractivity contribution in [3.05, 3.63) is 33.8 Å². The summed E-state index contributed by atoms with van der Waals surface area (Å²) in [4.78, 5) is 25.2. The van der Waals surface area contributed by atoms with E-state index in [-0.39, 0.29) is 22.5 Å². The van der Waals surface area contributed by atoms with Gasteiger partial charge < -0.3 is 15.8 Å². The van der Waals surface area contributed by atoms with Gasteiger partial charge in [0.25, 0.3) is 0 Å². The molecule has 1 unspecified atom stereocenters. The molecule has 0 aliphatic carbocycles. The van der Waals surface area contributed by atoms with Crippen molar-refractivity contribution in [1.29, 1.82) is 0 Å². The smallest absolute Gasteiger partial charge is 0.318 e. The number of nitrogens with one attached hydrogen (secondary N) is 3. The number of morpholine rings is 1. The minimum absolute atomic E-state index is 0.0795. The molecule has 5 N–H and O–H groups in total. The lowest BCUT2D eigenvalue weighted by Gasteiger charge is -2.33. The summed E-state index contributed by atoms with van der Waals surface area (Å²) in [5.41, 5.74) is 8.95. The summed E-state index contributed by atoms with van der Waals surface area (Å²) in [6.07, 6.45) is -0.0795. The largest absolute Gasteiger partial charge is 0.374 e. The van der Waals surface area contributed by atoms with Gasteiger partial charge in [0.15, 0.2) is 5.17 Å². The Labute approximate surface area is 192 Å². The van der Waals surface area contributed by atoms with Crippen LogP contribution in [0.4, 0.5) is 4.79 Å². The first-order valence-electron chi connectivity index (χ1n) is 9.11. The van der Waals surface area contributed by atoms with Crippen molar-refractivity contribution in [3.63, 3.8) is 0 Å². The molecule has 30 heavy (non-hydrogen) atoms. The predicted molar refractivity (Wildman–Crippen MR) is 122 cm³/mol. The molecule has 0 saturated carbocycles. The Balaban J connectivity index is 1.34. The van der Waals surface area contributed by atoms with Gasteiger partial charge in [0.05, 0.1) is 28.5 Å². The second-order valence-electron chi connectivity index (χ2n) is 6.58. The number of rotatable bonds is 7. The number of hydrazone groups is 1. The molecule has 1 aromatic rings. The first kappa shape index (κ1) is 23.3. The standard InChI is InChI=1S/C17H22Cl2N6O3S2/c18-12-2-1-10(5-13(12)19)7-25-3-4-28-11(8-25)6-21-14(26)9-29-17-24-23-16(30-17)22-15(20)27/h1-2,5,11,17,24H,3-4,6-9H2,(H,21,26)(H3,20,22,23,27)/t11-,17?/m0/s1. The molecule has 3 rings (SSSR count). The van der Waals surface area contributed by atoms with Crippen LogP contribution in [0.5, 0.6) is 0 Å². The molecule has 1 saturated heterocycles. The number of nitrogens with zero attached hydrogens (tertiary/aromatic N) is 2. The summed E-state index contributed by atoms with van der Waals surface area (Å²) in [5, 5.41) is 10.7. The fourth-order valence-corrected chi connectivity index (χ4v) is 5.05. The quantitative estimate of drug-likeness (QED) is 0.455. The molecule has 0 spiro atoms. The Morgan fingerprint density at radius 2 is 2.23 bits per heavy atom. The Hall–Kier alpha value is -1.37. The maximum Gasteiger partial charge on any atom is 0.318 e. The van der Waals surface area contributed by atoms with Crippen LogP contribution in [0.2, 0.25) is 10.0 Å². The molecule has 3 amide bonds. The molecule has 1 fully saturated rings. The van der Waals surface area contributed by atoms with Gasteiger partial charge in [-0.1, -0.05) is 29.3 Å². The lowest BCUT2D eigenvalue weighted by atomic mass is 10.2. The summed E-state index contributed by atoms with van der Waals surface area (Å²) in [6, 6.07) is 4.95. The van der Waals surface area contributed by atoms with E-state index in [2.05, 4.69) is 26.1 Å². The highest BCUT2D eigenvalue weighted by Crippen LogP contribution is 2.26.